The summed E-state index contributed by atoms with van der Waals surface area (Å²) in [7, 11) is 0. The van der Waals surface area contributed by atoms with Gasteiger partial charge in [-0.2, -0.15) is 0 Å². The highest BCUT2D eigenvalue weighted by molar-refractivity contribution is 6.42. The number of benzene rings is 2. The maximum absolute atomic E-state index is 13.2. The Morgan fingerprint density at radius 1 is 1.00 bits per heavy atom. The molecule has 7 heteroatoms. The standard InChI is InChI=1S/C25H32Cl2N2O3/c1-6-23(25(31)28-17(4)5)29(14-18-7-12-21(26)22(27)13-18)24(30)15-32-20-10-8-19(9-11-20)16(2)3/h7-13,16-17,23H,6,14-15H2,1-5H3,(H,28,31). The molecule has 32 heavy (non-hydrogen) atoms. The Labute approximate surface area is 201 Å². The topological polar surface area (TPSA) is 58.6 Å². The number of amides is 2. The average molecular weight is 479 g/mol. The van der Waals surface area contributed by atoms with E-state index in [2.05, 4.69) is 19.2 Å². The first-order valence-corrected chi connectivity index (χ1v) is 11.6. The van der Waals surface area contributed by atoms with Crippen LogP contribution in [0.5, 0.6) is 5.75 Å². The Morgan fingerprint density at radius 2 is 1.66 bits per heavy atom. The minimum atomic E-state index is -0.633. The Hall–Kier alpha value is -2.24. The van der Waals surface area contributed by atoms with E-state index in [-0.39, 0.29) is 31.0 Å². The third-order valence-electron chi connectivity index (χ3n) is 5.06. The van der Waals surface area contributed by atoms with Gasteiger partial charge in [-0.3, -0.25) is 9.59 Å². The fourth-order valence-electron chi connectivity index (χ4n) is 3.31. The number of rotatable bonds is 10. The third-order valence-corrected chi connectivity index (χ3v) is 5.80. The number of hydrogen-bond donors (Lipinski definition) is 1. The fourth-order valence-corrected chi connectivity index (χ4v) is 3.63. The number of carbonyl (C=O) groups is 2. The highest BCUT2D eigenvalue weighted by atomic mass is 35.5. The Bertz CT molecular complexity index is 914. The second-order valence-corrected chi connectivity index (χ2v) is 9.18. The van der Waals surface area contributed by atoms with E-state index in [9.17, 15) is 9.59 Å². The lowest BCUT2D eigenvalue weighted by atomic mass is 10.0. The summed E-state index contributed by atoms with van der Waals surface area (Å²) in [6.07, 6.45) is 0.467. The maximum atomic E-state index is 13.2. The van der Waals surface area contributed by atoms with Gasteiger partial charge in [0.25, 0.3) is 5.91 Å². The molecular formula is C25H32Cl2N2O3. The zero-order valence-corrected chi connectivity index (χ0v) is 20.8. The van der Waals surface area contributed by atoms with E-state index in [0.29, 0.717) is 28.1 Å². The van der Waals surface area contributed by atoms with Gasteiger partial charge in [-0.15, -0.1) is 0 Å². The molecule has 0 aliphatic rings. The quantitative estimate of drug-likeness (QED) is 0.467. The normalized spacial score (nSPS) is 12.0. The Kier molecular flexibility index (Phi) is 9.85. The molecule has 5 nitrogen and oxygen atoms in total. The molecule has 2 rings (SSSR count). The van der Waals surface area contributed by atoms with Crippen LogP contribution in [0, 0.1) is 0 Å². The molecule has 0 aliphatic carbocycles. The van der Waals surface area contributed by atoms with Crippen LogP contribution in [0.15, 0.2) is 42.5 Å². The van der Waals surface area contributed by atoms with Gasteiger partial charge in [0.15, 0.2) is 6.61 Å². The average Bonchev–Trinajstić information content (AvgIpc) is 2.74. The number of nitrogens with one attached hydrogen (secondary N) is 1. The smallest absolute Gasteiger partial charge is 0.261 e. The minimum absolute atomic E-state index is 0.0331. The van der Waals surface area contributed by atoms with Gasteiger partial charge in [-0.1, -0.05) is 62.2 Å². The molecule has 0 saturated carbocycles. The first kappa shape index (κ1) is 26.0. The van der Waals surface area contributed by atoms with Crippen molar-refractivity contribution < 1.29 is 14.3 Å². The van der Waals surface area contributed by atoms with Crippen molar-refractivity contribution in [3.8, 4) is 5.75 Å². The number of nitrogens with zero attached hydrogens (tertiary/aromatic N) is 1. The predicted octanol–water partition coefficient (Wildman–Crippen LogP) is 5.83. The van der Waals surface area contributed by atoms with Gasteiger partial charge in [0.1, 0.15) is 11.8 Å². The van der Waals surface area contributed by atoms with Gasteiger partial charge in [0.2, 0.25) is 5.91 Å². The van der Waals surface area contributed by atoms with Gasteiger partial charge >= 0.3 is 0 Å². The molecule has 1 atom stereocenters. The summed E-state index contributed by atoms with van der Waals surface area (Å²) in [6, 6.07) is 12.2. The van der Waals surface area contributed by atoms with Crippen molar-refractivity contribution >= 4 is 35.0 Å². The van der Waals surface area contributed by atoms with Crippen LogP contribution >= 0.6 is 23.2 Å². The van der Waals surface area contributed by atoms with Gasteiger partial charge in [0, 0.05) is 12.6 Å². The molecule has 0 radical (unpaired) electrons. The van der Waals surface area contributed by atoms with Gasteiger partial charge < -0.3 is 15.0 Å². The van der Waals surface area contributed by atoms with E-state index in [1.165, 1.54) is 5.56 Å². The number of ether oxygens (including phenoxy) is 1. The second kappa shape index (κ2) is 12.1. The minimum Gasteiger partial charge on any atom is -0.484 e. The van der Waals surface area contributed by atoms with Crippen LogP contribution in [-0.4, -0.2) is 35.4 Å². The van der Waals surface area contributed by atoms with Crippen molar-refractivity contribution in [3.63, 3.8) is 0 Å². The van der Waals surface area contributed by atoms with Crippen molar-refractivity contribution in [1.29, 1.82) is 0 Å². The number of carbonyl (C=O) groups excluding carboxylic acids is 2. The lowest BCUT2D eigenvalue weighted by molar-refractivity contribution is -0.143. The molecule has 0 heterocycles. The molecule has 0 fully saturated rings. The van der Waals surface area contributed by atoms with Crippen LogP contribution in [0.4, 0.5) is 0 Å². The largest absolute Gasteiger partial charge is 0.484 e. The maximum Gasteiger partial charge on any atom is 0.261 e. The van der Waals surface area contributed by atoms with E-state index in [0.717, 1.165) is 5.56 Å². The summed E-state index contributed by atoms with van der Waals surface area (Å²) in [5.41, 5.74) is 1.98. The monoisotopic (exact) mass is 478 g/mol. The lowest BCUT2D eigenvalue weighted by Gasteiger charge is -2.31. The zero-order chi connectivity index (χ0) is 23.8. The fraction of sp³-hybridized carbons (Fsp3) is 0.440. The highest BCUT2D eigenvalue weighted by Gasteiger charge is 2.29. The van der Waals surface area contributed by atoms with E-state index in [1.54, 1.807) is 23.1 Å². The molecule has 2 amide bonds. The predicted molar refractivity (Wildman–Crippen MR) is 130 cm³/mol. The zero-order valence-electron chi connectivity index (χ0n) is 19.3. The molecule has 1 N–H and O–H groups in total. The van der Waals surface area contributed by atoms with Crippen LogP contribution < -0.4 is 10.1 Å². The molecule has 0 aliphatic heterocycles. The van der Waals surface area contributed by atoms with Gasteiger partial charge in [-0.25, -0.2) is 0 Å². The molecule has 1 unspecified atom stereocenters. The number of hydrogen-bond acceptors (Lipinski definition) is 3. The molecule has 2 aromatic rings. The molecule has 0 saturated heterocycles. The van der Waals surface area contributed by atoms with Crippen molar-refractivity contribution in [3.05, 3.63) is 63.6 Å². The van der Waals surface area contributed by atoms with E-state index in [1.807, 2.05) is 45.0 Å². The Morgan fingerprint density at radius 3 is 2.19 bits per heavy atom. The first-order chi connectivity index (χ1) is 15.1. The highest BCUT2D eigenvalue weighted by Crippen LogP contribution is 2.24. The van der Waals surface area contributed by atoms with E-state index in [4.69, 9.17) is 27.9 Å². The van der Waals surface area contributed by atoms with Gasteiger partial charge in [-0.05, 0) is 61.6 Å². The summed E-state index contributed by atoms with van der Waals surface area (Å²) in [4.78, 5) is 27.6. The first-order valence-electron chi connectivity index (χ1n) is 10.9. The van der Waals surface area contributed by atoms with Crippen LogP contribution in [0.1, 0.15) is 58.1 Å². The van der Waals surface area contributed by atoms with Crippen LogP contribution in [0.3, 0.4) is 0 Å². The van der Waals surface area contributed by atoms with E-state index >= 15 is 0 Å². The van der Waals surface area contributed by atoms with Crippen molar-refractivity contribution in [1.82, 2.24) is 10.2 Å². The van der Waals surface area contributed by atoms with Gasteiger partial charge in [0.05, 0.1) is 10.0 Å². The van der Waals surface area contributed by atoms with Crippen LogP contribution in [-0.2, 0) is 16.1 Å². The molecule has 2 aromatic carbocycles. The van der Waals surface area contributed by atoms with E-state index < -0.39 is 6.04 Å². The van der Waals surface area contributed by atoms with Crippen molar-refractivity contribution in [2.75, 3.05) is 6.61 Å². The number of halogens is 2. The summed E-state index contributed by atoms with van der Waals surface area (Å²) >= 11 is 12.2. The van der Waals surface area contributed by atoms with Crippen LogP contribution in [0.25, 0.3) is 0 Å². The summed E-state index contributed by atoms with van der Waals surface area (Å²) in [5.74, 6) is 0.543. The van der Waals surface area contributed by atoms with Crippen molar-refractivity contribution in [2.45, 2.75) is 65.6 Å². The molecule has 0 spiro atoms. The molecule has 0 aromatic heterocycles. The Balaban J connectivity index is 2.21. The van der Waals surface area contributed by atoms with Crippen LogP contribution in [0.2, 0.25) is 10.0 Å². The summed E-state index contributed by atoms with van der Waals surface area (Å²) in [6.45, 7) is 9.94. The molecular weight excluding hydrogens is 447 g/mol. The summed E-state index contributed by atoms with van der Waals surface area (Å²) < 4.78 is 5.75. The summed E-state index contributed by atoms with van der Waals surface area (Å²) in [5, 5.41) is 3.74. The van der Waals surface area contributed by atoms with Crippen molar-refractivity contribution in [2.24, 2.45) is 0 Å². The lowest BCUT2D eigenvalue weighted by Crippen LogP contribution is -2.51. The molecule has 174 valence electrons. The third kappa shape index (κ3) is 7.42. The molecule has 0 bridgehead atoms. The second-order valence-electron chi connectivity index (χ2n) is 8.37. The SMILES string of the molecule is CCC(C(=O)NC(C)C)N(Cc1ccc(Cl)c(Cl)c1)C(=O)COc1ccc(C(C)C)cc1.